The molecule has 3 heterocycles. The molecule has 0 saturated carbocycles. The Morgan fingerprint density at radius 2 is 2.33 bits per heavy atom. The van der Waals surface area contributed by atoms with Crippen LogP contribution in [0.15, 0.2) is 28.9 Å². The zero-order valence-corrected chi connectivity index (χ0v) is 11.5. The van der Waals surface area contributed by atoms with Crippen LogP contribution in [0.5, 0.6) is 0 Å². The van der Waals surface area contributed by atoms with Gasteiger partial charge in [0, 0.05) is 30.1 Å². The Morgan fingerprint density at radius 3 is 3.05 bits per heavy atom. The molecular formula is C16H15N3O2. The van der Waals surface area contributed by atoms with Crippen molar-refractivity contribution in [2.24, 2.45) is 5.92 Å². The number of nitrogens with one attached hydrogen (secondary N) is 1. The summed E-state index contributed by atoms with van der Waals surface area (Å²) >= 11 is 0. The Balaban J connectivity index is 1.58. The molecule has 2 unspecified atom stereocenters. The number of piperidine rings is 1. The number of benzene rings is 1. The molecule has 1 amide bonds. The lowest BCUT2D eigenvalue weighted by Crippen LogP contribution is -2.43. The van der Waals surface area contributed by atoms with Crippen molar-refractivity contribution in [2.75, 3.05) is 19.6 Å². The number of hydrogen-bond donors (Lipinski definition) is 1. The lowest BCUT2D eigenvalue weighted by molar-refractivity contribution is 0.0924. The van der Waals surface area contributed by atoms with Crippen molar-refractivity contribution in [3.8, 4) is 6.07 Å². The summed E-state index contributed by atoms with van der Waals surface area (Å²) < 4.78 is 5.29. The van der Waals surface area contributed by atoms with Crippen LogP contribution in [0.4, 0.5) is 0 Å². The fourth-order valence-corrected chi connectivity index (χ4v) is 3.46. The van der Waals surface area contributed by atoms with Crippen LogP contribution >= 0.6 is 0 Å². The van der Waals surface area contributed by atoms with Gasteiger partial charge >= 0.3 is 0 Å². The smallest absolute Gasteiger partial charge is 0.251 e. The van der Waals surface area contributed by atoms with Crippen molar-refractivity contribution in [1.29, 1.82) is 5.26 Å². The summed E-state index contributed by atoms with van der Waals surface area (Å²) in [7, 11) is 0. The van der Waals surface area contributed by atoms with Crippen LogP contribution in [-0.2, 0) is 0 Å². The molecule has 2 aliphatic rings. The lowest BCUT2D eigenvalue weighted by Gasteiger charge is -2.23. The molecule has 0 radical (unpaired) electrons. The number of carbonyl (C=O) groups is 1. The summed E-state index contributed by atoms with van der Waals surface area (Å²) in [5.41, 5.74) is 1.68. The van der Waals surface area contributed by atoms with Crippen LogP contribution in [0, 0.1) is 17.2 Å². The number of hydrogen-bond acceptors (Lipinski definition) is 4. The van der Waals surface area contributed by atoms with Gasteiger partial charge in [-0.3, -0.25) is 4.79 Å². The number of nitrogens with zero attached hydrogens (tertiary/aromatic N) is 2. The second-order valence-corrected chi connectivity index (χ2v) is 5.86. The van der Waals surface area contributed by atoms with E-state index < -0.39 is 0 Å². The maximum absolute atomic E-state index is 12.4. The van der Waals surface area contributed by atoms with Gasteiger partial charge in [0.2, 0.25) is 0 Å². The van der Waals surface area contributed by atoms with Crippen LogP contribution in [0.3, 0.4) is 0 Å². The van der Waals surface area contributed by atoms with Crippen LogP contribution in [-0.4, -0.2) is 36.5 Å². The zero-order chi connectivity index (χ0) is 14.4. The van der Waals surface area contributed by atoms with E-state index in [0.717, 1.165) is 19.6 Å². The largest absolute Gasteiger partial charge is 0.463 e. The van der Waals surface area contributed by atoms with Crippen LogP contribution in [0.2, 0.25) is 0 Å². The maximum atomic E-state index is 12.4. The molecule has 1 N–H and O–H groups in total. The minimum absolute atomic E-state index is 0.0688. The maximum Gasteiger partial charge on any atom is 0.251 e. The van der Waals surface area contributed by atoms with Crippen LogP contribution in [0.25, 0.3) is 11.0 Å². The highest BCUT2D eigenvalue weighted by molar-refractivity contribution is 5.99. The van der Waals surface area contributed by atoms with Crippen LogP contribution < -0.4 is 5.32 Å². The van der Waals surface area contributed by atoms with E-state index in [0.29, 0.717) is 28.0 Å². The summed E-state index contributed by atoms with van der Waals surface area (Å²) in [4.78, 5) is 14.8. The SMILES string of the molecule is N#Cc1coc2ccc(C(=O)NC3CN4CC[C@H]3C4)cc12. The summed E-state index contributed by atoms with van der Waals surface area (Å²) in [6, 6.07) is 7.56. The van der Waals surface area contributed by atoms with Gasteiger partial charge < -0.3 is 14.6 Å². The number of furan rings is 1. The third-order valence-corrected chi connectivity index (χ3v) is 4.61. The Hall–Kier alpha value is -2.32. The summed E-state index contributed by atoms with van der Waals surface area (Å²) in [6.07, 6.45) is 2.60. The highest BCUT2D eigenvalue weighted by Crippen LogP contribution is 2.28. The van der Waals surface area contributed by atoms with Gasteiger partial charge in [0.05, 0.1) is 5.56 Å². The van der Waals surface area contributed by atoms with Gasteiger partial charge in [0.15, 0.2) is 0 Å². The number of amides is 1. The minimum atomic E-state index is -0.0688. The van der Waals surface area contributed by atoms with Crippen molar-refractivity contribution < 1.29 is 9.21 Å². The summed E-state index contributed by atoms with van der Waals surface area (Å²) in [6.45, 7) is 3.21. The Labute approximate surface area is 122 Å². The molecule has 2 saturated heterocycles. The van der Waals surface area contributed by atoms with E-state index in [2.05, 4.69) is 16.3 Å². The Kier molecular flexibility index (Phi) is 2.72. The van der Waals surface area contributed by atoms with E-state index in [4.69, 9.17) is 9.68 Å². The fourth-order valence-electron chi connectivity index (χ4n) is 3.46. The highest BCUT2D eigenvalue weighted by Gasteiger charge is 2.38. The van der Waals surface area contributed by atoms with Gasteiger partial charge in [-0.05, 0) is 37.1 Å². The van der Waals surface area contributed by atoms with E-state index >= 15 is 0 Å². The molecule has 106 valence electrons. The predicted octanol–water partition coefficient (Wildman–Crippen LogP) is 1.74. The molecule has 2 aliphatic heterocycles. The molecule has 2 aromatic rings. The number of carbonyl (C=O) groups excluding carboxylic acids is 1. The first-order valence-corrected chi connectivity index (χ1v) is 7.19. The molecule has 2 fully saturated rings. The van der Waals surface area contributed by atoms with E-state index in [1.165, 1.54) is 12.7 Å². The van der Waals surface area contributed by atoms with Crippen molar-refractivity contribution in [2.45, 2.75) is 12.5 Å². The molecule has 5 nitrogen and oxygen atoms in total. The average Bonchev–Trinajstić information content (AvgIpc) is 3.21. The minimum Gasteiger partial charge on any atom is -0.463 e. The molecule has 0 spiro atoms. The van der Waals surface area contributed by atoms with Crippen molar-refractivity contribution in [1.82, 2.24) is 10.2 Å². The number of rotatable bonds is 2. The molecule has 1 aromatic carbocycles. The monoisotopic (exact) mass is 281 g/mol. The van der Waals surface area contributed by atoms with E-state index in [-0.39, 0.29) is 11.9 Å². The van der Waals surface area contributed by atoms with E-state index in [1.54, 1.807) is 18.2 Å². The zero-order valence-electron chi connectivity index (χ0n) is 11.5. The highest BCUT2D eigenvalue weighted by atomic mass is 16.3. The lowest BCUT2D eigenvalue weighted by atomic mass is 9.99. The summed E-state index contributed by atoms with van der Waals surface area (Å²) in [5, 5.41) is 12.9. The first-order valence-electron chi connectivity index (χ1n) is 7.19. The molecule has 4 rings (SSSR count). The van der Waals surface area contributed by atoms with Gasteiger partial charge in [-0.2, -0.15) is 5.26 Å². The molecule has 3 atom stereocenters. The molecule has 2 bridgehead atoms. The van der Waals surface area contributed by atoms with Gasteiger partial charge in [-0.1, -0.05) is 0 Å². The quantitative estimate of drug-likeness (QED) is 0.910. The molecule has 5 heteroatoms. The molecular weight excluding hydrogens is 266 g/mol. The topological polar surface area (TPSA) is 69.3 Å². The number of nitriles is 1. The van der Waals surface area contributed by atoms with Crippen LogP contribution in [0.1, 0.15) is 22.3 Å². The standard InChI is InChI=1S/C16H15N3O2/c17-6-12-9-21-15-2-1-10(5-13(12)15)16(20)18-14-8-19-4-3-11(14)7-19/h1-2,5,9,11,14H,3-4,7-8H2,(H,18,20)/t11-,14?/m0/s1. The summed E-state index contributed by atoms with van der Waals surface area (Å²) in [5.74, 6) is 0.516. The fraction of sp³-hybridized carbons (Fsp3) is 0.375. The molecule has 21 heavy (non-hydrogen) atoms. The van der Waals surface area contributed by atoms with Gasteiger partial charge in [0.25, 0.3) is 5.91 Å². The normalized spacial score (nSPS) is 26.9. The second kappa shape index (κ2) is 4.61. The first kappa shape index (κ1) is 12.4. The Bertz CT molecular complexity index is 758. The average molecular weight is 281 g/mol. The van der Waals surface area contributed by atoms with Crippen molar-refractivity contribution >= 4 is 16.9 Å². The third kappa shape index (κ3) is 1.99. The third-order valence-electron chi connectivity index (χ3n) is 4.61. The molecule has 0 aliphatic carbocycles. The van der Waals surface area contributed by atoms with E-state index in [9.17, 15) is 4.79 Å². The van der Waals surface area contributed by atoms with E-state index in [1.807, 2.05) is 0 Å². The van der Waals surface area contributed by atoms with Gasteiger partial charge in [0.1, 0.15) is 17.9 Å². The predicted molar refractivity (Wildman–Crippen MR) is 76.7 cm³/mol. The second-order valence-electron chi connectivity index (χ2n) is 5.86. The van der Waals surface area contributed by atoms with Crippen molar-refractivity contribution in [3.05, 3.63) is 35.6 Å². The van der Waals surface area contributed by atoms with Gasteiger partial charge in [-0.15, -0.1) is 0 Å². The van der Waals surface area contributed by atoms with Crippen molar-refractivity contribution in [3.63, 3.8) is 0 Å². The van der Waals surface area contributed by atoms with Gasteiger partial charge in [-0.25, -0.2) is 0 Å². The Morgan fingerprint density at radius 1 is 1.43 bits per heavy atom. The number of fused-ring (bicyclic) bond motifs is 3. The first-order chi connectivity index (χ1) is 10.2. The molecule has 1 aromatic heterocycles.